The van der Waals surface area contributed by atoms with Gasteiger partial charge in [-0.1, -0.05) is 25.3 Å². The Labute approximate surface area is 264 Å². The summed E-state index contributed by atoms with van der Waals surface area (Å²) in [7, 11) is 3.26. The van der Waals surface area contributed by atoms with Crippen LogP contribution in [0.5, 0.6) is 0 Å². The number of ether oxygens (including phenoxy) is 2. The van der Waals surface area contributed by atoms with Crippen LogP contribution in [0.1, 0.15) is 62.5 Å². The normalized spacial score (nSPS) is 23.2. The van der Waals surface area contributed by atoms with E-state index >= 15 is 0 Å². The van der Waals surface area contributed by atoms with Crippen molar-refractivity contribution in [2.45, 2.75) is 78.3 Å². The van der Waals surface area contributed by atoms with Crippen molar-refractivity contribution in [2.24, 2.45) is 4.99 Å². The third-order valence-corrected chi connectivity index (χ3v) is 8.94. The molecule has 240 valence electrons. The molecule has 0 aromatic carbocycles. The molecule has 0 bridgehead atoms. The quantitative estimate of drug-likeness (QED) is 0.190. The topological polar surface area (TPSA) is 145 Å². The largest absolute Gasteiger partial charge is 0.481 e. The fourth-order valence-electron chi connectivity index (χ4n) is 6.35. The second kappa shape index (κ2) is 14.1. The molecule has 4 rings (SSSR count). The summed E-state index contributed by atoms with van der Waals surface area (Å²) in [5.41, 5.74) is 12.1. The zero-order valence-electron chi connectivity index (χ0n) is 27.0. The molecule has 0 spiro atoms. The summed E-state index contributed by atoms with van der Waals surface area (Å²) in [6.45, 7) is 15.9. The molecule has 0 aliphatic carbocycles. The van der Waals surface area contributed by atoms with Crippen molar-refractivity contribution in [3.05, 3.63) is 98.7 Å². The molecule has 0 radical (unpaired) electrons. The van der Waals surface area contributed by atoms with Gasteiger partial charge in [0.15, 0.2) is 6.23 Å². The van der Waals surface area contributed by atoms with E-state index in [1.807, 2.05) is 39.8 Å². The molecule has 0 saturated heterocycles. The van der Waals surface area contributed by atoms with E-state index in [4.69, 9.17) is 14.5 Å². The van der Waals surface area contributed by atoms with Crippen molar-refractivity contribution >= 4 is 23.7 Å². The molecule has 0 saturated carbocycles. The van der Waals surface area contributed by atoms with Gasteiger partial charge in [0.2, 0.25) is 0 Å². The van der Waals surface area contributed by atoms with Crippen LogP contribution in [0.3, 0.4) is 0 Å². The third kappa shape index (κ3) is 6.97. The highest BCUT2D eigenvalue weighted by atomic mass is 16.5. The highest BCUT2D eigenvalue weighted by Crippen LogP contribution is 2.34. The van der Waals surface area contributed by atoms with Gasteiger partial charge in [-0.25, -0.2) is 4.99 Å². The Morgan fingerprint density at radius 2 is 1.60 bits per heavy atom. The molecule has 3 aliphatic rings. The number of hydrogen-bond donors (Lipinski definition) is 5. The highest BCUT2D eigenvalue weighted by Gasteiger charge is 2.31. The number of aromatic nitrogens is 1. The molecular weight excluding hydrogens is 572 g/mol. The molecule has 1 aromatic rings. The Bertz CT molecular complexity index is 1600. The van der Waals surface area contributed by atoms with Gasteiger partial charge in [0.1, 0.15) is 6.23 Å². The lowest BCUT2D eigenvalue weighted by atomic mass is 9.94. The summed E-state index contributed by atoms with van der Waals surface area (Å²) >= 11 is 0. The first-order valence-corrected chi connectivity index (χ1v) is 15.0. The maximum Gasteiger partial charge on any atom is 0.303 e. The monoisotopic (exact) mass is 616 g/mol. The predicted octanol–water partition coefficient (Wildman–Crippen LogP) is 5.27. The molecule has 0 amide bonds. The summed E-state index contributed by atoms with van der Waals surface area (Å²) in [5, 5.41) is 26.0. The lowest BCUT2D eigenvalue weighted by Crippen LogP contribution is -2.28. The van der Waals surface area contributed by atoms with Crippen LogP contribution >= 0.6 is 0 Å². The van der Waals surface area contributed by atoms with Gasteiger partial charge in [-0.3, -0.25) is 9.59 Å². The number of aliphatic carboxylic acids is 2. The standard InChI is InChI=1S/C35H44N4O6/c1-9-22-21(6)34(44-7)39-29(22)16-27-20(5)25(12-14-33(42)43)31(37-27)17-30-24(11-13-32(40)41)19(4)26(36-30)15-28-18(3)23(10-2)35(38-28)45-8/h9-10,15-16,30,34-37,39H,1-2,11-14,17H2,3-8H3,(H,40,41)(H,42,43)/b26-15-,29-16-. The molecule has 3 unspecified atom stereocenters. The molecular formula is C35H44N4O6. The van der Waals surface area contributed by atoms with Gasteiger partial charge < -0.3 is 35.3 Å². The van der Waals surface area contributed by atoms with Crippen molar-refractivity contribution in [3.8, 4) is 0 Å². The number of nitrogens with one attached hydrogen (secondary N) is 3. The molecule has 0 fully saturated rings. The fourth-order valence-corrected chi connectivity index (χ4v) is 6.35. The van der Waals surface area contributed by atoms with Crippen molar-refractivity contribution < 1.29 is 29.3 Å². The molecule has 10 nitrogen and oxygen atoms in total. The molecule has 45 heavy (non-hydrogen) atoms. The van der Waals surface area contributed by atoms with E-state index < -0.39 is 18.2 Å². The lowest BCUT2D eigenvalue weighted by Gasteiger charge is -2.17. The maximum absolute atomic E-state index is 11.6. The Hall–Kier alpha value is -4.41. The minimum atomic E-state index is -0.870. The van der Waals surface area contributed by atoms with Crippen LogP contribution < -0.4 is 10.6 Å². The average molecular weight is 617 g/mol. The Morgan fingerprint density at radius 3 is 2.18 bits per heavy atom. The van der Waals surface area contributed by atoms with E-state index in [0.29, 0.717) is 19.3 Å². The zero-order valence-corrected chi connectivity index (χ0v) is 27.0. The molecule has 10 heteroatoms. The number of H-pyrrole nitrogens is 1. The second-order valence-electron chi connectivity index (χ2n) is 11.5. The Morgan fingerprint density at radius 1 is 0.911 bits per heavy atom. The summed E-state index contributed by atoms with van der Waals surface area (Å²) in [5.74, 6) is -1.74. The van der Waals surface area contributed by atoms with Crippen molar-refractivity contribution in [1.82, 2.24) is 15.6 Å². The average Bonchev–Trinajstić information content (AvgIpc) is 3.67. The number of aromatic amines is 1. The van der Waals surface area contributed by atoms with E-state index in [2.05, 4.69) is 28.8 Å². The van der Waals surface area contributed by atoms with E-state index in [1.54, 1.807) is 26.4 Å². The van der Waals surface area contributed by atoms with E-state index in [-0.39, 0.29) is 25.1 Å². The Balaban J connectivity index is 1.73. The van der Waals surface area contributed by atoms with Crippen LogP contribution in [0.4, 0.5) is 0 Å². The predicted molar refractivity (Wildman–Crippen MR) is 176 cm³/mol. The zero-order chi connectivity index (χ0) is 33.0. The van der Waals surface area contributed by atoms with E-state index in [9.17, 15) is 19.8 Å². The van der Waals surface area contributed by atoms with Crippen molar-refractivity contribution in [1.29, 1.82) is 0 Å². The fraction of sp³-hybridized carbons (Fsp3) is 0.400. The lowest BCUT2D eigenvalue weighted by molar-refractivity contribution is -0.138. The van der Waals surface area contributed by atoms with Crippen molar-refractivity contribution in [3.63, 3.8) is 0 Å². The number of allylic oxidation sites excluding steroid dienone is 4. The van der Waals surface area contributed by atoms with Crippen molar-refractivity contribution in [2.75, 3.05) is 14.2 Å². The maximum atomic E-state index is 11.6. The summed E-state index contributed by atoms with van der Waals surface area (Å²) < 4.78 is 11.1. The molecule has 5 N–H and O–H groups in total. The minimum Gasteiger partial charge on any atom is -0.481 e. The summed E-state index contributed by atoms with van der Waals surface area (Å²) in [6, 6.07) is -0.200. The smallest absolute Gasteiger partial charge is 0.303 e. The van der Waals surface area contributed by atoms with Gasteiger partial charge in [-0.05, 0) is 86.1 Å². The molecule has 3 atom stereocenters. The first kappa shape index (κ1) is 33.5. The van der Waals surface area contributed by atoms with Crippen LogP contribution in [-0.2, 0) is 31.9 Å². The number of hydrogen-bond acceptors (Lipinski definition) is 7. The van der Waals surface area contributed by atoms with Crippen LogP contribution in [0.15, 0.2) is 81.2 Å². The second-order valence-corrected chi connectivity index (χ2v) is 11.5. The number of nitrogens with zero attached hydrogens (tertiary/aromatic N) is 1. The third-order valence-electron chi connectivity index (χ3n) is 8.94. The first-order chi connectivity index (χ1) is 21.4. The van der Waals surface area contributed by atoms with E-state index in [0.717, 1.165) is 73.1 Å². The Kier molecular flexibility index (Phi) is 10.5. The highest BCUT2D eigenvalue weighted by molar-refractivity contribution is 6.11. The summed E-state index contributed by atoms with van der Waals surface area (Å²) in [6.07, 6.45) is 8.13. The van der Waals surface area contributed by atoms with Gasteiger partial charge in [0.25, 0.3) is 0 Å². The number of aliphatic imine (C=N–C) groups is 1. The van der Waals surface area contributed by atoms with Crippen LogP contribution in [0.2, 0.25) is 0 Å². The van der Waals surface area contributed by atoms with Crippen LogP contribution in [0, 0.1) is 6.92 Å². The van der Waals surface area contributed by atoms with Crippen LogP contribution in [-0.4, -0.2) is 65.6 Å². The van der Waals surface area contributed by atoms with Crippen LogP contribution in [0.25, 0.3) is 6.08 Å². The number of methoxy groups -OCH3 is 2. The van der Waals surface area contributed by atoms with E-state index in [1.165, 1.54) is 0 Å². The molecule has 3 aliphatic heterocycles. The number of rotatable bonds is 14. The van der Waals surface area contributed by atoms with Gasteiger partial charge in [0, 0.05) is 67.4 Å². The number of carbonyl (C=O) groups is 2. The number of carboxylic acids is 2. The SMILES string of the molecule is C=CC1=C(C)C(OC)N/C1=C\c1[nH]c(CC2N/C(=C\C3=NC(OC)C(C=C)=C3C)C(C)=C2CCC(=O)O)c(CCC(=O)O)c1C. The molecule has 1 aromatic heterocycles. The summed E-state index contributed by atoms with van der Waals surface area (Å²) in [4.78, 5) is 31.5. The van der Waals surface area contributed by atoms with Gasteiger partial charge in [-0.15, -0.1) is 0 Å². The van der Waals surface area contributed by atoms with Gasteiger partial charge in [-0.2, -0.15) is 0 Å². The number of carboxylic acid groups (broad SMARTS) is 2. The van der Waals surface area contributed by atoms with Gasteiger partial charge >= 0.3 is 11.9 Å². The minimum absolute atomic E-state index is 0.000302. The van der Waals surface area contributed by atoms with Gasteiger partial charge in [0.05, 0.1) is 11.8 Å². The first-order valence-electron chi connectivity index (χ1n) is 15.0. The molecule has 4 heterocycles.